The van der Waals surface area contributed by atoms with Crippen molar-refractivity contribution in [2.45, 2.75) is 13.5 Å². The molecule has 0 spiro atoms. The fraction of sp³-hybridized carbons (Fsp3) is 0.333. The Labute approximate surface area is 75.4 Å². The van der Waals surface area contributed by atoms with E-state index in [1.807, 2.05) is 0 Å². The van der Waals surface area contributed by atoms with Crippen molar-refractivity contribution in [2.75, 3.05) is 7.11 Å². The van der Waals surface area contributed by atoms with Gasteiger partial charge in [0.05, 0.1) is 13.7 Å². The lowest BCUT2D eigenvalue weighted by molar-refractivity contribution is 0.269. The zero-order chi connectivity index (χ0) is 10.0. The van der Waals surface area contributed by atoms with Gasteiger partial charge in [-0.15, -0.1) is 0 Å². The first-order chi connectivity index (χ1) is 6.11. The zero-order valence-electron chi connectivity index (χ0n) is 7.47. The molecule has 0 saturated heterocycles. The molecular formula is C9H11FO3. The quantitative estimate of drug-likeness (QED) is 0.732. The molecule has 13 heavy (non-hydrogen) atoms. The fourth-order valence-corrected chi connectivity index (χ4v) is 1.16. The summed E-state index contributed by atoms with van der Waals surface area (Å²) in [6, 6.07) is 1.48. The van der Waals surface area contributed by atoms with Crippen LogP contribution in [0.5, 0.6) is 11.5 Å². The highest BCUT2D eigenvalue weighted by Crippen LogP contribution is 2.32. The Morgan fingerprint density at radius 1 is 1.54 bits per heavy atom. The Morgan fingerprint density at radius 2 is 2.15 bits per heavy atom. The van der Waals surface area contributed by atoms with Gasteiger partial charge < -0.3 is 14.9 Å². The molecule has 1 aromatic carbocycles. The van der Waals surface area contributed by atoms with E-state index in [1.165, 1.54) is 13.2 Å². The summed E-state index contributed by atoms with van der Waals surface area (Å²) in [5.41, 5.74) is 0.706. The second-order valence-corrected chi connectivity index (χ2v) is 2.71. The predicted molar refractivity (Wildman–Crippen MR) is 45.3 cm³/mol. The van der Waals surface area contributed by atoms with Crippen LogP contribution in [0.2, 0.25) is 0 Å². The minimum absolute atomic E-state index is 0.106. The topological polar surface area (TPSA) is 49.7 Å². The van der Waals surface area contributed by atoms with Crippen LogP contribution in [-0.2, 0) is 6.61 Å². The van der Waals surface area contributed by atoms with E-state index >= 15 is 0 Å². The van der Waals surface area contributed by atoms with Gasteiger partial charge >= 0.3 is 0 Å². The van der Waals surface area contributed by atoms with Gasteiger partial charge in [-0.25, -0.2) is 0 Å². The number of methoxy groups -OCH3 is 1. The van der Waals surface area contributed by atoms with E-state index in [9.17, 15) is 9.50 Å². The molecule has 1 aromatic rings. The molecule has 0 heterocycles. The highest BCUT2D eigenvalue weighted by Gasteiger charge is 2.15. The van der Waals surface area contributed by atoms with Crippen LogP contribution in [0.3, 0.4) is 0 Å². The van der Waals surface area contributed by atoms with Gasteiger partial charge in [-0.2, -0.15) is 4.39 Å². The summed E-state index contributed by atoms with van der Waals surface area (Å²) in [4.78, 5) is 0. The van der Waals surface area contributed by atoms with Crippen molar-refractivity contribution in [3.05, 3.63) is 23.0 Å². The average Bonchev–Trinajstić information content (AvgIpc) is 2.13. The molecule has 0 aromatic heterocycles. The Balaban J connectivity index is 3.39. The third-order valence-corrected chi connectivity index (χ3v) is 1.84. The average molecular weight is 186 g/mol. The molecule has 0 atom stereocenters. The Hall–Kier alpha value is -1.29. The molecule has 0 radical (unpaired) electrons. The van der Waals surface area contributed by atoms with E-state index in [1.54, 1.807) is 6.92 Å². The van der Waals surface area contributed by atoms with Gasteiger partial charge in [-0.05, 0) is 18.6 Å². The molecule has 0 bridgehead atoms. The lowest BCUT2D eigenvalue weighted by Gasteiger charge is -2.10. The highest BCUT2D eigenvalue weighted by atomic mass is 19.1. The molecule has 0 aliphatic rings. The second-order valence-electron chi connectivity index (χ2n) is 2.71. The maximum atomic E-state index is 13.2. The second kappa shape index (κ2) is 3.62. The zero-order valence-corrected chi connectivity index (χ0v) is 7.47. The van der Waals surface area contributed by atoms with Crippen LogP contribution in [0, 0.1) is 12.7 Å². The van der Waals surface area contributed by atoms with Gasteiger partial charge in [-0.3, -0.25) is 0 Å². The number of benzene rings is 1. The van der Waals surface area contributed by atoms with Crippen molar-refractivity contribution in [2.24, 2.45) is 0 Å². The van der Waals surface area contributed by atoms with Crippen LogP contribution in [-0.4, -0.2) is 17.3 Å². The van der Waals surface area contributed by atoms with Crippen LogP contribution in [0.15, 0.2) is 6.07 Å². The summed E-state index contributed by atoms with van der Waals surface area (Å²) in [5.74, 6) is -1.37. The van der Waals surface area contributed by atoms with Crippen LogP contribution < -0.4 is 4.74 Å². The Bertz CT molecular complexity index is 323. The summed E-state index contributed by atoms with van der Waals surface area (Å²) in [7, 11) is 1.28. The van der Waals surface area contributed by atoms with Gasteiger partial charge in [0.2, 0.25) is 5.82 Å². The molecule has 4 heteroatoms. The molecule has 0 aliphatic carbocycles. The molecule has 0 aliphatic heterocycles. The molecular weight excluding hydrogens is 175 g/mol. The van der Waals surface area contributed by atoms with Gasteiger partial charge in [0.15, 0.2) is 11.5 Å². The van der Waals surface area contributed by atoms with Gasteiger partial charge in [-0.1, -0.05) is 0 Å². The van der Waals surface area contributed by atoms with E-state index in [4.69, 9.17) is 9.84 Å². The monoisotopic (exact) mass is 186 g/mol. The number of aryl methyl sites for hydroxylation is 1. The highest BCUT2D eigenvalue weighted by molar-refractivity contribution is 5.46. The van der Waals surface area contributed by atoms with Crippen LogP contribution in [0.25, 0.3) is 0 Å². The Kier molecular flexibility index (Phi) is 2.72. The van der Waals surface area contributed by atoms with Crippen LogP contribution >= 0.6 is 0 Å². The van der Waals surface area contributed by atoms with Crippen molar-refractivity contribution >= 4 is 0 Å². The standard InChI is InChI=1S/C9H11FO3/c1-5-3-6(4-11)9(13-2)7(10)8(5)12/h3,11-12H,4H2,1-2H3. The summed E-state index contributed by atoms with van der Waals surface area (Å²) < 4.78 is 17.9. The smallest absolute Gasteiger partial charge is 0.207 e. The number of phenols is 1. The van der Waals surface area contributed by atoms with Crippen LogP contribution in [0.1, 0.15) is 11.1 Å². The first-order valence-corrected chi connectivity index (χ1v) is 3.77. The fourth-order valence-electron chi connectivity index (χ4n) is 1.16. The first-order valence-electron chi connectivity index (χ1n) is 3.77. The molecule has 0 amide bonds. The van der Waals surface area contributed by atoms with Gasteiger partial charge in [0.25, 0.3) is 0 Å². The molecule has 2 N–H and O–H groups in total. The minimum Gasteiger partial charge on any atom is -0.505 e. The SMILES string of the molecule is COc1c(CO)cc(C)c(O)c1F. The van der Waals surface area contributed by atoms with E-state index in [0.29, 0.717) is 11.1 Å². The van der Waals surface area contributed by atoms with Crippen molar-refractivity contribution in [3.63, 3.8) is 0 Å². The number of halogens is 1. The number of hydrogen-bond donors (Lipinski definition) is 2. The largest absolute Gasteiger partial charge is 0.505 e. The van der Waals surface area contributed by atoms with E-state index < -0.39 is 11.6 Å². The minimum atomic E-state index is -0.827. The number of aromatic hydroxyl groups is 1. The number of rotatable bonds is 2. The maximum absolute atomic E-state index is 13.2. The van der Waals surface area contributed by atoms with Crippen molar-refractivity contribution < 1.29 is 19.3 Å². The van der Waals surface area contributed by atoms with Gasteiger partial charge in [0.1, 0.15) is 0 Å². The number of ether oxygens (including phenoxy) is 1. The Morgan fingerprint density at radius 3 is 2.62 bits per heavy atom. The molecule has 3 nitrogen and oxygen atoms in total. The van der Waals surface area contributed by atoms with Crippen molar-refractivity contribution in [1.82, 2.24) is 0 Å². The summed E-state index contributed by atoms with van der Waals surface area (Å²) >= 11 is 0. The lowest BCUT2D eigenvalue weighted by Crippen LogP contribution is -1.97. The summed E-state index contributed by atoms with van der Waals surface area (Å²) in [6.07, 6.45) is 0. The number of aliphatic hydroxyl groups is 1. The molecule has 1 rings (SSSR count). The lowest BCUT2D eigenvalue weighted by atomic mass is 10.1. The molecule has 0 fully saturated rings. The summed E-state index contributed by atoms with van der Waals surface area (Å²) in [5, 5.41) is 18.1. The molecule has 0 unspecified atom stereocenters. The number of aliphatic hydroxyl groups excluding tert-OH is 1. The maximum Gasteiger partial charge on any atom is 0.207 e. The van der Waals surface area contributed by atoms with Crippen LogP contribution in [0.4, 0.5) is 4.39 Å². The molecule has 72 valence electrons. The normalized spacial score (nSPS) is 10.2. The van der Waals surface area contributed by atoms with E-state index in [0.717, 1.165) is 0 Å². The van der Waals surface area contributed by atoms with E-state index in [2.05, 4.69) is 0 Å². The van der Waals surface area contributed by atoms with Gasteiger partial charge in [0, 0.05) is 5.56 Å². The number of hydrogen-bond acceptors (Lipinski definition) is 3. The van der Waals surface area contributed by atoms with Crippen molar-refractivity contribution in [3.8, 4) is 11.5 Å². The van der Waals surface area contributed by atoms with E-state index in [-0.39, 0.29) is 12.4 Å². The van der Waals surface area contributed by atoms with Crippen molar-refractivity contribution in [1.29, 1.82) is 0 Å². The predicted octanol–water partition coefficient (Wildman–Crippen LogP) is 1.34. The summed E-state index contributed by atoms with van der Waals surface area (Å²) in [6.45, 7) is 1.23. The third-order valence-electron chi connectivity index (χ3n) is 1.84. The number of phenolic OH excluding ortho intramolecular Hbond substituents is 1. The first kappa shape index (κ1) is 9.80. The molecule has 0 saturated carbocycles. The third kappa shape index (κ3) is 1.58.